The molecule has 2 aliphatic heterocycles. The monoisotopic (exact) mass is 320 g/mol. The normalized spacial score (nSPS) is 31.9. The quantitative estimate of drug-likeness (QED) is 0.640. The van der Waals surface area contributed by atoms with Gasteiger partial charge < -0.3 is 29.9 Å². The molecule has 122 valence electrons. The number of carboxylic acid groups (broad SMARTS) is 1. The van der Waals surface area contributed by atoms with E-state index in [0.717, 1.165) is 0 Å². The number of ether oxygens (including phenoxy) is 2. The molecule has 0 saturated carbocycles. The molecule has 0 spiro atoms. The molecule has 1 aromatic rings. The number of rotatable bonds is 2. The SMILES string of the molecule is O=C(O)C1=C(c2ccc3c(c2O)C2CC(O)OC2O3)CCC1O. The molecule has 4 N–H and O–H groups in total. The number of fused-ring (bicyclic) bond motifs is 3. The van der Waals surface area contributed by atoms with E-state index in [0.29, 0.717) is 41.7 Å². The highest BCUT2D eigenvalue weighted by Crippen LogP contribution is 2.52. The summed E-state index contributed by atoms with van der Waals surface area (Å²) in [6.45, 7) is 0. The maximum atomic E-state index is 11.4. The van der Waals surface area contributed by atoms with Gasteiger partial charge in [0, 0.05) is 17.5 Å². The van der Waals surface area contributed by atoms with Crippen LogP contribution in [0.25, 0.3) is 5.57 Å². The van der Waals surface area contributed by atoms with Gasteiger partial charge >= 0.3 is 5.97 Å². The summed E-state index contributed by atoms with van der Waals surface area (Å²) in [7, 11) is 0. The summed E-state index contributed by atoms with van der Waals surface area (Å²) in [6, 6.07) is 3.26. The summed E-state index contributed by atoms with van der Waals surface area (Å²) < 4.78 is 10.8. The summed E-state index contributed by atoms with van der Waals surface area (Å²) in [6.07, 6.45) is -1.61. The molecule has 7 nitrogen and oxygen atoms in total. The summed E-state index contributed by atoms with van der Waals surface area (Å²) in [5, 5.41) is 39.4. The third-order valence-electron chi connectivity index (χ3n) is 4.75. The van der Waals surface area contributed by atoms with Crippen molar-refractivity contribution in [1.82, 2.24) is 0 Å². The van der Waals surface area contributed by atoms with Crippen LogP contribution in [-0.4, -0.2) is 45.1 Å². The number of carbonyl (C=O) groups is 1. The van der Waals surface area contributed by atoms with Crippen molar-refractivity contribution in [3.8, 4) is 11.5 Å². The lowest BCUT2D eigenvalue weighted by atomic mass is 9.91. The van der Waals surface area contributed by atoms with E-state index in [1.54, 1.807) is 12.1 Å². The zero-order valence-electron chi connectivity index (χ0n) is 12.1. The Bertz CT molecular complexity index is 723. The number of aliphatic carboxylic acids is 1. The van der Waals surface area contributed by atoms with Gasteiger partial charge in [0.2, 0.25) is 6.29 Å². The van der Waals surface area contributed by atoms with E-state index in [2.05, 4.69) is 0 Å². The van der Waals surface area contributed by atoms with Gasteiger partial charge in [0.25, 0.3) is 0 Å². The fraction of sp³-hybridized carbons (Fsp3) is 0.438. The van der Waals surface area contributed by atoms with Gasteiger partial charge in [0.15, 0.2) is 6.29 Å². The number of hydrogen-bond acceptors (Lipinski definition) is 6. The number of carboxylic acids is 1. The first-order chi connectivity index (χ1) is 11.0. The van der Waals surface area contributed by atoms with Crippen LogP contribution >= 0.6 is 0 Å². The lowest BCUT2D eigenvalue weighted by Crippen LogP contribution is -2.16. The second kappa shape index (κ2) is 4.95. The predicted octanol–water partition coefficient (Wildman–Crippen LogP) is 0.926. The van der Waals surface area contributed by atoms with Crippen LogP contribution in [-0.2, 0) is 9.53 Å². The van der Waals surface area contributed by atoms with E-state index in [4.69, 9.17) is 9.47 Å². The Morgan fingerprint density at radius 2 is 2.04 bits per heavy atom. The van der Waals surface area contributed by atoms with Crippen molar-refractivity contribution < 1.29 is 34.7 Å². The van der Waals surface area contributed by atoms with E-state index in [1.807, 2.05) is 0 Å². The number of phenolic OH excluding ortho intramolecular Hbond substituents is 1. The molecule has 23 heavy (non-hydrogen) atoms. The van der Waals surface area contributed by atoms with Crippen molar-refractivity contribution >= 4 is 11.5 Å². The summed E-state index contributed by atoms with van der Waals surface area (Å²) in [5.74, 6) is -1.06. The number of aromatic hydroxyl groups is 1. The standard InChI is InChI=1S/C16H16O7/c17-9-3-1-6(12(9)15(20)21)7-2-4-10-13(14(7)19)8-5-11(18)23-16(8)22-10/h2,4,8-9,11,16-19H,1,3,5H2,(H,20,21). The van der Waals surface area contributed by atoms with Gasteiger partial charge in [-0.25, -0.2) is 4.79 Å². The summed E-state index contributed by atoms with van der Waals surface area (Å²) in [5.41, 5.74) is 1.29. The molecule has 7 heteroatoms. The predicted molar refractivity (Wildman–Crippen MR) is 76.8 cm³/mol. The smallest absolute Gasteiger partial charge is 0.334 e. The van der Waals surface area contributed by atoms with E-state index < -0.39 is 24.7 Å². The van der Waals surface area contributed by atoms with Crippen molar-refractivity contribution in [1.29, 1.82) is 0 Å². The Morgan fingerprint density at radius 3 is 2.78 bits per heavy atom. The molecule has 2 heterocycles. The number of phenols is 1. The highest BCUT2D eigenvalue weighted by molar-refractivity contribution is 5.99. The molecular formula is C16H16O7. The van der Waals surface area contributed by atoms with Gasteiger partial charge in [-0.2, -0.15) is 0 Å². The largest absolute Gasteiger partial charge is 0.507 e. The third kappa shape index (κ3) is 2.04. The molecular weight excluding hydrogens is 304 g/mol. The average molecular weight is 320 g/mol. The minimum atomic E-state index is -1.18. The molecule has 4 rings (SSSR count). The third-order valence-corrected chi connectivity index (χ3v) is 4.75. The number of benzene rings is 1. The van der Waals surface area contributed by atoms with Crippen LogP contribution in [0.5, 0.6) is 11.5 Å². The maximum absolute atomic E-state index is 11.4. The van der Waals surface area contributed by atoms with Crippen molar-refractivity contribution in [2.75, 3.05) is 0 Å². The molecule has 1 aromatic carbocycles. The first kappa shape index (κ1) is 14.5. The van der Waals surface area contributed by atoms with E-state index >= 15 is 0 Å². The number of aliphatic hydroxyl groups excluding tert-OH is 2. The fourth-order valence-corrected chi connectivity index (χ4v) is 3.73. The molecule has 0 bridgehead atoms. The zero-order valence-corrected chi connectivity index (χ0v) is 12.1. The van der Waals surface area contributed by atoms with E-state index in [-0.39, 0.29) is 17.2 Å². The minimum absolute atomic E-state index is 0.0597. The fourth-order valence-electron chi connectivity index (χ4n) is 3.73. The molecule has 0 radical (unpaired) electrons. The van der Waals surface area contributed by atoms with Crippen LogP contribution < -0.4 is 4.74 Å². The maximum Gasteiger partial charge on any atom is 0.334 e. The van der Waals surface area contributed by atoms with Crippen LogP contribution in [0.4, 0.5) is 0 Å². The highest BCUT2D eigenvalue weighted by atomic mass is 16.7. The lowest BCUT2D eigenvalue weighted by molar-refractivity contribution is -0.147. The van der Waals surface area contributed by atoms with Gasteiger partial charge in [-0.15, -0.1) is 0 Å². The Hall–Kier alpha value is -2.09. The second-order valence-electron chi connectivity index (χ2n) is 6.04. The molecule has 1 aliphatic carbocycles. The molecule has 0 aromatic heterocycles. The number of hydrogen-bond donors (Lipinski definition) is 4. The highest BCUT2D eigenvalue weighted by Gasteiger charge is 2.46. The Morgan fingerprint density at radius 1 is 1.26 bits per heavy atom. The van der Waals surface area contributed by atoms with Crippen molar-refractivity contribution in [2.24, 2.45) is 0 Å². The van der Waals surface area contributed by atoms with Gasteiger partial charge in [-0.1, -0.05) is 0 Å². The van der Waals surface area contributed by atoms with Crippen LogP contribution in [0.2, 0.25) is 0 Å². The van der Waals surface area contributed by atoms with E-state index in [9.17, 15) is 25.2 Å². The Labute approximate surface area is 131 Å². The van der Waals surface area contributed by atoms with Crippen LogP contribution in [0.1, 0.15) is 36.3 Å². The lowest BCUT2D eigenvalue weighted by Gasteiger charge is -2.13. The van der Waals surface area contributed by atoms with Gasteiger partial charge in [-0.05, 0) is 30.5 Å². The first-order valence-electron chi connectivity index (χ1n) is 7.48. The van der Waals surface area contributed by atoms with Crippen molar-refractivity contribution in [3.05, 3.63) is 28.8 Å². The zero-order chi connectivity index (χ0) is 16.3. The molecule has 1 saturated heterocycles. The Balaban J connectivity index is 1.83. The summed E-state index contributed by atoms with van der Waals surface area (Å²) >= 11 is 0. The Kier molecular flexibility index (Phi) is 3.12. The van der Waals surface area contributed by atoms with Gasteiger partial charge in [-0.3, -0.25) is 0 Å². The second-order valence-corrected chi connectivity index (χ2v) is 6.04. The number of aliphatic hydroxyl groups is 2. The van der Waals surface area contributed by atoms with Crippen molar-refractivity contribution in [2.45, 2.75) is 43.9 Å². The van der Waals surface area contributed by atoms with E-state index in [1.165, 1.54) is 0 Å². The van der Waals surface area contributed by atoms with Gasteiger partial charge in [0.1, 0.15) is 11.5 Å². The minimum Gasteiger partial charge on any atom is -0.507 e. The molecule has 0 amide bonds. The topological polar surface area (TPSA) is 116 Å². The molecule has 4 atom stereocenters. The molecule has 4 unspecified atom stereocenters. The molecule has 3 aliphatic rings. The van der Waals surface area contributed by atoms with Crippen LogP contribution in [0.3, 0.4) is 0 Å². The van der Waals surface area contributed by atoms with Gasteiger partial charge in [0.05, 0.1) is 17.6 Å². The number of allylic oxidation sites excluding steroid dienone is 1. The van der Waals surface area contributed by atoms with Crippen LogP contribution in [0, 0.1) is 0 Å². The first-order valence-corrected chi connectivity index (χ1v) is 7.48. The molecule has 1 fully saturated rings. The average Bonchev–Trinajstić information content (AvgIpc) is 3.11. The summed E-state index contributed by atoms with van der Waals surface area (Å²) in [4.78, 5) is 11.4. The van der Waals surface area contributed by atoms with Crippen LogP contribution in [0.15, 0.2) is 17.7 Å². The van der Waals surface area contributed by atoms with Crippen molar-refractivity contribution in [3.63, 3.8) is 0 Å².